The lowest BCUT2D eigenvalue weighted by Gasteiger charge is -2.47. The monoisotopic (exact) mass is 832 g/mol. The van der Waals surface area contributed by atoms with E-state index < -0.39 is 37.9 Å². The topological polar surface area (TPSA) is 104 Å². The summed E-state index contributed by atoms with van der Waals surface area (Å²) in [6.07, 6.45) is 1.84. The fourth-order valence-corrected chi connectivity index (χ4v) is 17.9. The zero-order chi connectivity index (χ0) is 42.2. The first-order valence-corrected chi connectivity index (χ1v) is 24.0. The van der Waals surface area contributed by atoms with Crippen molar-refractivity contribution in [2.45, 2.75) is 121 Å². The van der Waals surface area contributed by atoms with Gasteiger partial charge in [-0.15, -0.1) is 5.54 Å². The van der Waals surface area contributed by atoms with Gasteiger partial charge in [0, 0.05) is 30.6 Å². The highest BCUT2D eigenvalue weighted by molar-refractivity contribution is 6.90. The largest absolute Gasteiger partial charge is 0.472 e. The van der Waals surface area contributed by atoms with E-state index in [9.17, 15) is 9.90 Å². The Bertz CT molecular complexity index is 2530. The lowest BCUT2D eigenvalue weighted by atomic mass is 9.91. The standard InChI is InChI=1S/C47H54F2N6O4Si/c1-24(2)60(25(3)4,26(5)6)17-16-32-35(48)14-12-29-10-9-11-33(37(29)32)40-39(49)41-38-43(52-45(51-41)58-23-47-19-27(7)20-53(47)21-30-18-34(30)47)54-22-31-13-15-36(55(31)46(56)57)42(54)28(8)59-44(38)50-40/h9-12,14,24-26,28,30-31,34,36,42H,7,13,15,18-23H2,1-6,8H3,(H,56,57)/t28?,30-,31?,34-,36?,42?,47?/m1/s1. The van der Waals surface area contributed by atoms with Gasteiger partial charge in [0.25, 0.3) is 0 Å². The maximum atomic E-state index is 17.9. The molecule has 5 unspecified atom stereocenters. The quantitative estimate of drug-likeness (QED) is 0.111. The summed E-state index contributed by atoms with van der Waals surface area (Å²) in [6, 6.07) is 7.58. The number of amides is 1. The van der Waals surface area contributed by atoms with Crippen LogP contribution >= 0.6 is 0 Å². The Balaban J connectivity index is 1.17. The van der Waals surface area contributed by atoms with Gasteiger partial charge in [0.05, 0.1) is 29.2 Å². The average Bonchev–Trinajstić information content (AvgIpc) is 3.72. The fraction of sp³-hybridized carbons (Fsp3) is 0.532. The van der Waals surface area contributed by atoms with Gasteiger partial charge < -0.3 is 19.5 Å². The van der Waals surface area contributed by atoms with Crippen LogP contribution in [0, 0.1) is 34.9 Å². The number of anilines is 1. The fourth-order valence-electron chi connectivity index (χ4n) is 12.7. The Morgan fingerprint density at radius 1 is 1.05 bits per heavy atom. The first-order valence-electron chi connectivity index (χ1n) is 21.8. The first-order chi connectivity index (χ1) is 28.6. The molecule has 7 atom stereocenters. The summed E-state index contributed by atoms with van der Waals surface area (Å²) in [5.74, 6) is 3.90. The molecule has 7 heterocycles. The van der Waals surface area contributed by atoms with E-state index in [0.717, 1.165) is 25.9 Å². The number of hydrogen-bond donors (Lipinski definition) is 1. The van der Waals surface area contributed by atoms with E-state index in [2.05, 4.69) is 69.4 Å². The van der Waals surface area contributed by atoms with Gasteiger partial charge in [-0.1, -0.05) is 83.9 Å². The van der Waals surface area contributed by atoms with Gasteiger partial charge in [0.1, 0.15) is 49.0 Å². The number of aromatic nitrogens is 3. The minimum atomic E-state index is -2.28. The minimum absolute atomic E-state index is 0.0105. The van der Waals surface area contributed by atoms with Crippen LogP contribution in [0.3, 0.4) is 0 Å². The molecule has 0 radical (unpaired) electrons. The maximum absolute atomic E-state index is 17.9. The molecule has 13 heteroatoms. The summed E-state index contributed by atoms with van der Waals surface area (Å²) < 4.78 is 47.5. The molecular formula is C47H54F2N6O4Si. The van der Waals surface area contributed by atoms with Crippen molar-refractivity contribution in [1.29, 1.82) is 0 Å². The summed E-state index contributed by atoms with van der Waals surface area (Å²) in [4.78, 5) is 33.6. The minimum Gasteiger partial charge on any atom is -0.472 e. The zero-order valence-electron chi connectivity index (χ0n) is 35.6. The Hall–Kier alpha value is -4.80. The molecule has 1 saturated carbocycles. The molecule has 0 spiro atoms. The highest BCUT2D eigenvalue weighted by atomic mass is 28.3. The number of pyridine rings is 1. The van der Waals surface area contributed by atoms with Gasteiger partial charge in [0.2, 0.25) is 5.88 Å². The van der Waals surface area contributed by atoms with Crippen molar-refractivity contribution in [2.24, 2.45) is 11.8 Å². The van der Waals surface area contributed by atoms with Crippen molar-refractivity contribution >= 4 is 41.7 Å². The molecule has 2 aromatic heterocycles. The molecule has 1 amide bonds. The third-order valence-electron chi connectivity index (χ3n) is 15.3. The Labute approximate surface area is 351 Å². The molecule has 2 aromatic carbocycles. The van der Waals surface area contributed by atoms with Crippen LogP contribution in [0.25, 0.3) is 32.9 Å². The summed E-state index contributed by atoms with van der Waals surface area (Å²) in [6.45, 7) is 22.1. The third kappa shape index (κ3) is 5.65. The number of piperazine rings is 1. The van der Waals surface area contributed by atoms with Crippen LogP contribution in [0.1, 0.15) is 79.7 Å². The van der Waals surface area contributed by atoms with E-state index >= 15 is 8.78 Å². The van der Waals surface area contributed by atoms with Crippen molar-refractivity contribution in [3.63, 3.8) is 0 Å². The van der Waals surface area contributed by atoms with E-state index in [1.165, 1.54) is 11.6 Å². The van der Waals surface area contributed by atoms with Gasteiger partial charge in [-0.25, -0.2) is 18.6 Å². The molecule has 1 N–H and O–H groups in total. The van der Waals surface area contributed by atoms with E-state index in [-0.39, 0.29) is 46.3 Å². The van der Waals surface area contributed by atoms with Crippen LogP contribution in [0.5, 0.6) is 11.9 Å². The Morgan fingerprint density at radius 2 is 1.82 bits per heavy atom. The van der Waals surface area contributed by atoms with Gasteiger partial charge in [-0.3, -0.25) is 9.80 Å². The average molecular weight is 833 g/mol. The van der Waals surface area contributed by atoms with E-state index in [0.29, 0.717) is 82.0 Å². The number of fused-ring (bicyclic) bond motifs is 9. The molecular weight excluding hydrogens is 779 g/mol. The molecule has 5 aliphatic heterocycles. The van der Waals surface area contributed by atoms with Crippen LogP contribution < -0.4 is 14.4 Å². The van der Waals surface area contributed by atoms with E-state index in [4.69, 9.17) is 24.4 Å². The van der Waals surface area contributed by atoms with Gasteiger partial charge in [-0.05, 0) is 72.5 Å². The smallest absolute Gasteiger partial charge is 0.407 e. The molecule has 314 valence electrons. The van der Waals surface area contributed by atoms with Crippen molar-refractivity contribution < 1.29 is 28.2 Å². The lowest BCUT2D eigenvalue weighted by molar-refractivity contribution is 0.0704. The van der Waals surface area contributed by atoms with Crippen LogP contribution in [0.4, 0.5) is 19.4 Å². The second-order valence-corrected chi connectivity index (χ2v) is 24.9. The summed E-state index contributed by atoms with van der Waals surface area (Å²) in [7, 11) is -2.28. The number of hydrogen-bond acceptors (Lipinski definition) is 8. The van der Waals surface area contributed by atoms with Gasteiger partial charge in [-0.2, -0.15) is 9.97 Å². The molecule has 5 fully saturated rings. The van der Waals surface area contributed by atoms with Gasteiger partial charge >= 0.3 is 12.1 Å². The molecule has 4 saturated heterocycles. The highest BCUT2D eigenvalue weighted by Crippen LogP contribution is 2.60. The molecule has 60 heavy (non-hydrogen) atoms. The predicted octanol–water partition coefficient (Wildman–Crippen LogP) is 9.20. The van der Waals surface area contributed by atoms with Crippen molar-refractivity contribution in [3.8, 4) is 34.6 Å². The lowest BCUT2D eigenvalue weighted by Crippen LogP contribution is -2.64. The summed E-state index contributed by atoms with van der Waals surface area (Å²) in [5, 5.41) is 11.8. The predicted molar refractivity (Wildman–Crippen MR) is 231 cm³/mol. The Morgan fingerprint density at radius 3 is 2.55 bits per heavy atom. The van der Waals surface area contributed by atoms with E-state index in [1.54, 1.807) is 17.0 Å². The number of halogens is 2. The molecule has 2 bridgehead atoms. The molecule has 4 aromatic rings. The number of rotatable bonds is 7. The SMILES string of the molecule is C=C1CN2C[C@H]3C[C@H]3C2(COc2nc3c4c(nc(-c5cccc6ccc(F)c(C#C[Si](C(C)C)(C(C)C)C(C)C)c56)c(F)c4n2)OC(C)C2C4CCC(CN32)N4C(=O)O)C1. The second kappa shape index (κ2) is 13.9. The molecule has 6 aliphatic rings. The number of benzene rings is 2. The number of carboxylic acid groups (broad SMARTS) is 1. The van der Waals surface area contributed by atoms with Crippen LogP contribution in [-0.4, -0.2) is 100 Å². The van der Waals surface area contributed by atoms with Crippen LogP contribution in [-0.2, 0) is 0 Å². The highest BCUT2D eigenvalue weighted by Gasteiger charge is 2.64. The number of piperidine rings is 1. The molecule has 1 aliphatic carbocycles. The normalized spacial score (nSPS) is 27.9. The third-order valence-corrected chi connectivity index (χ3v) is 21.6. The van der Waals surface area contributed by atoms with Crippen molar-refractivity contribution in [2.75, 3.05) is 31.1 Å². The van der Waals surface area contributed by atoms with Gasteiger partial charge in [0.15, 0.2) is 5.82 Å². The van der Waals surface area contributed by atoms with Crippen molar-refractivity contribution in [3.05, 3.63) is 59.7 Å². The summed E-state index contributed by atoms with van der Waals surface area (Å²) >= 11 is 0. The number of carbonyl (C=O) groups is 1. The van der Waals surface area contributed by atoms with E-state index in [1.807, 2.05) is 19.1 Å². The van der Waals surface area contributed by atoms with Crippen LogP contribution in [0.15, 0.2) is 42.5 Å². The maximum Gasteiger partial charge on any atom is 0.407 e. The zero-order valence-corrected chi connectivity index (χ0v) is 36.6. The molecule has 10 nitrogen and oxygen atoms in total. The summed E-state index contributed by atoms with van der Waals surface area (Å²) in [5.41, 5.74) is 6.21. The molecule has 10 rings (SSSR count). The van der Waals surface area contributed by atoms with Crippen molar-refractivity contribution in [1.82, 2.24) is 24.8 Å². The second-order valence-electron chi connectivity index (χ2n) is 19.4. The first kappa shape index (κ1) is 39.3. The van der Waals surface area contributed by atoms with Crippen LogP contribution in [0.2, 0.25) is 16.6 Å². The number of ether oxygens (including phenoxy) is 2. The Kier molecular flexibility index (Phi) is 9.09. The number of nitrogens with zero attached hydrogens (tertiary/aromatic N) is 6.